The maximum atomic E-state index is 11.8. The zero-order valence-corrected chi connectivity index (χ0v) is 11.0. The first kappa shape index (κ1) is 12.8. The number of carbonyl (C=O) groups is 1. The van der Waals surface area contributed by atoms with Gasteiger partial charge in [0.25, 0.3) is 5.91 Å². The topological polar surface area (TPSA) is 50.4 Å². The molecule has 0 heterocycles. The predicted molar refractivity (Wildman–Crippen MR) is 75.0 cm³/mol. The third kappa shape index (κ3) is 3.20. The van der Waals surface area contributed by atoms with Gasteiger partial charge in [0.05, 0.1) is 7.11 Å². The van der Waals surface area contributed by atoms with E-state index in [0.29, 0.717) is 17.5 Å². The number of nitrogens with one attached hydrogen (secondary N) is 2. The van der Waals surface area contributed by atoms with E-state index in [-0.39, 0.29) is 10.9 Å². The van der Waals surface area contributed by atoms with Crippen LogP contribution in [0.1, 0.15) is 19.3 Å². The molecule has 0 spiro atoms. The van der Waals surface area contributed by atoms with Gasteiger partial charge in [0.2, 0.25) is 0 Å². The molecule has 2 rings (SSSR count). The monoisotopic (exact) mass is 264 g/mol. The van der Waals surface area contributed by atoms with Crippen LogP contribution in [0.25, 0.3) is 0 Å². The second kappa shape index (κ2) is 5.82. The molecular formula is C13H16N2O2S. The Kier molecular flexibility index (Phi) is 4.15. The SMILES string of the molecule is COc1cccc(NC(=O)C(=S)NC2CCC2)c1. The van der Waals surface area contributed by atoms with E-state index >= 15 is 0 Å². The zero-order valence-electron chi connectivity index (χ0n) is 10.2. The van der Waals surface area contributed by atoms with Gasteiger partial charge in [-0.05, 0) is 31.4 Å². The Labute approximate surface area is 112 Å². The second-order valence-corrected chi connectivity index (χ2v) is 4.70. The lowest BCUT2D eigenvalue weighted by atomic mass is 9.93. The number of thiocarbonyl (C=S) groups is 1. The Bertz CT molecular complexity index is 458. The van der Waals surface area contributed by atoms with E-state index < -0.39 is 0 Å². The third-order valence-corrected chi connectivity index (χ3v) is 3.28. The summed E-state index contributed by atoms with van der Waals surface area (Å²) in [4.78, 5) is 12.1. The number of benzene rings is 1. The maximum absolute atomic E-state index is 11.8. The van der Waals surface area contributed by atoms with Crippen molar-refractivity contribution < 1.29 is 9.53 Å². The van der Waals surface area contributed by atoms with Crippen LogP contribution in [-0.2, 0) is 4.79 Å². The summed E-state index contributed by atoms with van der Waals surface area (Å²) in [6.45, 7) is 0. The normalized spacial score (nSPS) is 14.5. The molecule has 0 aromatic heterocycles. The van der Waals surface area contributed by atoms with E-state index in [1.54, 1.807) is 19.2 Å². The largest absolute Gasteiger partial charge is 0.497 e. The van der Waals surface area contributed by atoms with Gasteiger partial charge in [-0.1, -0.05) is 18.3 Å². The van der Waals surface area contributed by atoms with Gasteiger partial charge in [-0.2, -0.15) is 0 Å². The Balaban J connectivity index is 1.90. The molecule has 1 saturated carbocycles. The number of ether oxygens (including phenoxy) is 1. The average molecular weight is 264 g/mol. The smallest absolute Gasteiger partial charge is 0.283 e. The van der Waals surface area contributed by atoms with Crippen LogP contribution >= 0.6 is 12.2 Å². The van der Waals surface area contributed by atoms with Crippen LogP contribution in [0.5, 0.6) is 5.75 Å². The predicted octanol–water partition coefficient (Wildman–Crippen LogP) is 2.10. The van der Waals surface area contributed by atoms with Gasteiger partial charge in [0.15, 0.2) is 4.99 Å². The number of amides is 1. The Morgan fingerprint density at radius 2 is 2.22 bits per heavy atom. The molecule has 0 radical (unpaired) electrons. The van der Waals surface area contributed by atoms with Gasteiger partial charge < -0.3 is 15.4 Å². The minimum absolute atomic E-state index is 0.252. The third-order valence-electron chi connectivity index (χ3n) is 2.97. The molecule has 1 aromatic rings. The summed E-state index contributed by atoms with van der Waals surface area (Å²) in [5.74, 6) is 0.427. The Morgan fingerprint density at radius 1 is 1.44 bits per heavy atom. The summed E-state index contributed by atoms with van der Waals surface area (Å²) in [5, 5.41) is 5.80. The molecule has 1 aromatic carbocycles. The standard InChI is InChI=1S/C13H16N2O2S/c1-17-11-7-3-6-10(8-11)14-12(16)13(18)15-9-4-2-5-9/h3,6-9H,2,4-5H2,1H3,(H,14,16)(H,15,18). The maximum Gasteiger partial charge on any atom is 0.283 e. The summed E-state index contributed by atoms with van der Waals surface area (Å²) in [6, 6.07) is 7.56. The number of carbonyl (C=O) groups excluding carboxylic acids is 1. The molecule has 96 valence electrons. The second-order valence-electron chi connectivity index (χ2n) is 4.29. The highest BCUT2D eigenvalue weighted by atomic mass is 32.1. The molecule has 4 nitrogen and oxygen atoms in total. The quantitative estimate of drug-likeness (QED) is 0.821. The van der Waals surface area contributed by atoms with Crippen LogP contribution in [0.2, 0.25) is 0 Å². The summed E-state index contributed by atoms with van der Waals surface area (Å²) in [7, 11) is 1.59. The average Bonchev–Trinajstić information content (AvgIpc) is 2.33. The van der Waals surface area contributed by atoms with Crippen molar-refractivity contribution in [3.63, 3.8) is 0 Å². The zero-order chi connectivity index (χ0) is 13.0. The summed E-state index contributed by atoms with van der Waals surface area (Å²) in [5.41, 5.74) is 0.678. The van der Waals surface area contributed by atoms with Crippen molar-refractivity contribution >= 4 is 28.8 Å². The van der Waals surface area contributed by atoms with Crippen molar-refractivity contribution in [1.29, 1.82) is 0 Å². The van der Waals surface area contributed by atoms with Gasteiger partial charge in [0, 0.05) is 17.8 Å². The van der Waals surface area contributed by atoms with E-state index in [4.69, 9.17) is 17.0 Å². The first-order valence-corrected chi connectivity index (χ1v) is 6.36. The van der Waals surface area contributed by atoms with Gasteiger partial charge in [-0.25, -0.2) is 0 Å². The van der Waals surface area contributed by atoms with E-state index in [9.17, 15) is 4.79 Å². The fraction of sp³-hybridized carbons (Fsp3) is 0.385. The summed E-state index contributed by atoms with van der Waals surface area (Å²) in [6.07, 6.45) is 3.39. The molecule has 0 unspecified atom stereocenters. The van der Waals surface area contributed by atoms with Gasteiger partial charge in [0.1, 0.15) is 5.75 Å². The molecule has 1 fully saturated rings. The Morgan fingerprint density at radius 3 is 2.83 bits per heavy atom. The molecule has 0 bridgehead atoms. The fourth-order valence-corrected chi connectivity index (χ4v) is 1.91. The minimum atomic E-state index is -0.273. The molecule has 18 heavy (non-hydrogen) atoms. The van der Waals surface area contributed by atoms with Gasteiger partial charge in [-0.3, -0.25) is 4.79 Å². The van der Waals surface area contributed by atoms with E-state index in [1.165, 1.54) is 6.42 Å². The van der Waals surface area contributed by atoms with Gasteiger partial charge >= 0.3 is 0 Å². The molecule has 1 amide bonds. The van der Waals surface area contributed by atoms with Crippen LogP contribution < -0.4 is 15.4 Å². The summed E-state index contributed by atoms with van der Waals surface area (Å²) >= 11 is 5.06. The first-order chi connectivity index (χ1) is 8.69. The van der Waals surface area contributed by atoms with Crippen molar-refractivity contribution in [2.24, 2.45) is 0 Å². The van der Waals surface area contributed by atoms with E-state index in [2.05, 4.69) is 10.6 Å². The van der Waals surface area contributed by atoms with E-state index in [1.807, 2.05) is 12.1 Å². The summed E-state index contributed by atoms with van der Waals surface area (Å²) < 4.78 is 5.09. The minimum Gasteiger partial charge on any atom is -0.497 e. The molecule has 1 aliphatic carbocycles. The highest BCUT2D eigenvalue weighted by molar-refractivity contribution is 7.82. The van der Waals surface area contributed by atoms with Gasteiger partial charge in [-0.15, -0.1) is 0 Å². The van der Waals surface area contributed by atoms with Crippen LogP contribution in [-0.4, -0.2) is 24.0 Å². The first-order valence-electron chi connectivity index (χ1n) is 5.95. The lowest BCUT2D eigenvalue weighted by Crippen LogP contribution is -2.43. The Hall–Kier alpha value is -1.62. The van der Waals surface area contributed by atoms with E-state index in [0.717, 1.165) is 12.8 Å². The van der Waals surface area contributed by atoms with Crippen LogP contribution in [0.4, 0.5) is 5.69 Å². The fourth-order valence-electron chi connectivity index (χ4n) is 1.69. The molecule has 0 saturated heterocycles. The number of methoxy groups -OCH3 is 1. The lowest BCUT2D eigenvalue weighted by Gasteiger charge is -2.27. The highest BCUT2D eigenvalue weighted by Crippen LogP contribution is 2.19. The van der Waals surface area contributed by atoms with Crippen molar-refractivity contribution in [3.05, 3.63) is 24.3 Å². The van der Waals surface area contributed by atoms with Crippen molar-refractivity contribution in [2.75, 3.05) is 12.4 Å². The number of rotatable bonds is 3. The molecular weight excluding hydrogens is 248 g/mol. The number of hydrogen-bond acceptors (Lipinski definition) is 3. The van der Waals surface area contributed by atoms with Crippen molar-refractivity contribution in [2.45, 2.75) is 25.3 Å². The molecule has 0 aliphatic heterocycles. The molecule has 2 N–H and O–H groups in total. The lowest BCUT2D eigenvalue weighted by molar-refractivity contribution is -0.110. The van der Waals surface area contributed by atoms with Crippen LogP contribution in [0, 0.1) is 0 Å². The van der Waals surface area contributed by atoms with Crippen LogP contribution in [0.3, 0.4) is 0 Å². The molecule has 0 atom stereocenters. The number of hydrogen-bond donors (Lipinski definition) is 2. The van der Waals surface area contributed by atoms with Crippen molar-refractivity contribution in [3.8, 4) is 5.75 Å². The van der Waals surface area contributed by atoms with Crippen LogP contribution in [0.15, 0.2) is 24.3 Å². The highest BCUT2D eigenvalue weighted by Gasteiger charge is 2.20. The number of anilines is 1. The van der Waals surface area contributed by atoms with Crippen molar-refractivity contribution in [1.82, 2.24) is 5.32 Å². The molecule has 1 aliphatic rings. The molecule has 5 heteroatoms.